The second-order valence-corrected chi connectivity index (χ2v) is 4.87. The molecule has 0 aliphatic carbocycles. The molecular weight excluding hydrogens is 283 g/mol. The van der Waals surface area contributed by atoms with Crippen LogP contribution in [0.2, 0.25) is 0 Å². The second kappa shape index (κ2) is 7.59. The van der Waals surface area contributed by atoms with Crippen LogP contribution in [0.15, 0.2) is 18.3 Å². The van der Waals surface area contributed by atoms with E-state index in [1.807, 2.05) is 27.7 Å². The van der Waals surface area contributed by atoms with E-state index in [9.17, 15) is 4.39 Å². The van der Waals surface area contributed by atoms with E-state index in [1.165, 1.54) is 12.3 Å². The SMILES string of the molecule is CC.Cc1cc(Oc2cnc(N)nc2N)c(C(C)C)cc1F. The summed E-state index contributed by atoms with van der Waals surface area (Å²) in [6.07, 6.45) is 1.40. The first kappa shape index (κ1) is 17.7. The molecule has 0 unspecified atom stereocenters. The van der Waals surface area contributed by atoms with Crippen molar-refractivity contribution < 1.29 is 9.13 Å². The van der Waals surface area contributed by atoms with Crippen molar-refractivity contribution >= 4 is 11.8 Å². The molecule has 1 heterocycles. The first-order valence-electron chi connectivity index (χ1n) is 7.24. The third-order valence-corrected chi connectivity index (χ3v) is 2.93. The predicted molar refractivity (Wildman–Crippen MR) is 87.5 cm³/mol. The number of aryl methyl sites for hydroxylation is 1. The fourth-order valence-electron chi connectivity index (χ4n) is 1.81. The highest BCUT2D eigenvalue weighted by Gasteiger charge is 2.14. The maximum Gasteiger partial charge on any atom is 0.222 e. The van der Waals surface area contributed by atoms with E-state index >= 15 is 0 Å². The number of hydrogen-bond acceptors (Lipinski definition) is 5. The molecule has 0 bridgehead atoms. The highest BCUT2D eigenvalue weighted by molar-refractivity contribution is 5.51. The van der Waals surface area contributed by atoms with Gasteiger partial charge in [-0.3, -0.25) is 0 Å². The van der Waals surface area contributed by atoms with Crippen LogP contribution >= 0.6 is 0 Å². The minimum absolute atomic E-state index is 0.0780. The Bertz CT molecular complexity index is 644. The maximum atomic E-state index is 13.7. The van der Waals surface area contributed by atoms with E-state index in [0.29, 0.717) is 17.1 Å². The van der Waals surface area contributed by atoms with E-state index < -0.39 is 0 Å². The van der Waals surface area contributed by atoms with Gasteiger partial charge in [0.05, 0.1) is 6.20 Å². The van der Waals surface area contributed by atoms with Gasteiger partial charge in [0, 0.05) is 5.56 Å². The quantitative estimate of drug-likeness (QED) is 0.894. The van der Waals surface area contributed by atoms with Crippen LogP contribution in [0.25, 0.3) is 0 Å². The van der Waals surface area contributed by atoms with Gasteiger partial charge in [-0.15, -0.1) is 0 Å². The lowest BCUT2D eigenvalue weighted by atomic mass is 10.00. The monoisotopic (exact) mass is 306 g/mol. The van der Waals surface area contributed by atoms with Crippen molar-refractivity contribution in [2.45, 2.75) is 40.5 Å². The van der Waals surface area contributed by atoms with Crippen molar-refractivity contribution in [2.24, 2.45) is 0 Å². The second-order valence-electron chi connectivity index (χ2n) is 4.87. The Kier molecular flexibility index (Phi) is 6.10. The van der Waals surface area contributed by atoms with Gasteiger partial charge in [-0.25, -0.2) is 9.37 Å². The van der Waals surface area contributed by atoms with Crippen LogP contribution in [-0.2, 0) is 0 Å². The molecule has 5 nitrogen and oxygen atoms in total. The lowest BCUT2D eigenvalue weighted by Gasteiger charge is -2.15. The number of aromatic nitrogens is 2. The average molecular weight is 306 g/mol. The van der Waals surface area contributed by atoms with Crippen LogP contribution in [0.3, 0.4) is 0 Å². The number of ether oxygens (including phenoxy) is 1. The molecule has 2 aromatic rings. The molecule has 0 saturated carbocycles. The Morgan fingerprint density at radius 2 is 1.77 bits per heavy atom. The number of rotatable bonds is 3. The van der Waals surface area contributed by atoms with Crippen molar-refractivity contribution in [3.8, 4) is 11.5 Å². The lowest BCUT2D eigenvalue weighted by Crippen LogP contribution is -2.03. The Hall–Kier alpha value is -2.37. The summed E-state index contributed by atoms with van der Waals surface area (Å²) in [5, 5.41) is 0. The molecule has 6 heteroatoms. The highest BCUT2D eigenvalue weighted by Crippen LogP contribution is 2.34. The molecule has 0 amide bonds. The van der Waals surface area contributed by atoms with Gasteiger partial charge in [-0.2, -0.15) is 4.98 Å². The molecule has 0 aliphatic heterocycles. The molecule has 0 saturated heterocycles. The van der Waals surface area contributed by atoms with Crippen molar-refractivity contribution in [2.75, 3.05) is 11.5 Å². The van der Waals surface area contributed by atoms with E-state index in [0.717, 1.165) is 5.56 Å². The van der Waals surface area contributed by atoms with E-state index in [-0.39, 0.29) is 23.5 Å². The third kappa shape index (κ3) is 4.07. The zero-order chi connectivity index (χ0) is 16.9. The van der Waals surface area contributed by atoms with E-state index in [2.05, 4.69) is 9.97 Å². The van der Waals surface area contributed by atoms with Crippen LogP contribution in [-0.4, -0.2) is 9.97 Å². The summed E-state index contributed by atoms with van der Waals surface area (Å²) in [6, 6.07) is 3.12. The Labute approximate surface area is 130 Å². The maximum absolute atomic E-state index is 13.7. The van der Waals surface area contributed by atoms with Gasteiger partial charge in [0.1, 0.15) is 11.6 Å². The molecule has 0 fully saturated rings. The Morgan fingerprint density at radius 1 is 1.14 bits per heavy atom. The summed E-state index contributed by atoms with van der Waals surface area (Å²) in [4.78, 5) is 7.67. The van der Waals surface area contributed by atoms with Crippen molar-refractivity contribution in [1.82, 2.24) is 9.97 Å². The molecule has 0 aliphatic rings. The fraction of sp³-hybridized carbons (Fsp3) is 0.375. The molecule has 0 radical (unpaired) electrons. The van der Waals surface area contributed by atoms with Gasteiger partial charge in [-0.05, 0) is 30.5 Å². The zero-order valence-corrected chi connectivity index (χ0v) is 13.6. The average Bonchev–Trinajstić information content (AvgIpc) is 2.47. The van der Waals surface area contributed by atoms with Gasteiger partial charge in [-0.1, -0.05) is 27.7 Å². The molecule has 22 heavy (non-hydrogen) atoms. The number of anilines is 2. The largest absolute Gasteiger partial charge is 0.452 e. The lowest BCUT2D eigenvalue weighted by molar-refractivity contribution is 0.467. The highest BCUT2D eigenvalue weighted by atomic mass is 19.1. The first-order valence-corrected chi connectivity index (χ1v) is 7.24. The van der Waals surface area contributed by atoms with Crippen LogP contribution in [0.4, 0.5) is 16.2 Å². The molecule has 0 atom stereocenters. The van der Waals surface area contributed by atoms with Crippen molar-refractivity contribution in [3.05, 3.63) is 35.3 Å². The van der Waals surface area contributed by atoms with Gasteiger partial charge >= 0.3 is 0 Å². The van der Waals surface area contributed by atoms with Crippen LogP contribution < -0.4 is 16.2 Å². The van der Waals surface area contributed by atoms with Gasteiger partial charge in [0.15, 0.2) is 11.6 Å². The standard InChI is InChI=1S/C14H17FN4O.C2H6/c1-7(2)9-5-10(15)8(3)4-11(9)20-12-6-18-14(17)19-13(12)16;1-2/h4-7H,1-3H3,(H4,16,17,18,19);1-2H3. The number of nitrogen functional groups attached to an aromatic ring is 2. The van der Waals surface area contributed by atoms with Crippen molar-refractivity contribution in [3.63, 3.8) is 0 Å². The summed E-state index contributed by atoms with van der Waals surface area (Å²) < 4.78 is 19.4. The summed E-state index contributed by atoms with van der Waals surface area (Å²) in [7, 11) is 0. The Balaban J connectivity index is 0.00000116. The molecule has 1 aromatic heterocycles. The molecule has 1 aromatic carbocycles. The molecule has 0 spiro atoms. The molecule has 120 valence electrons. The molecule has 2 rings (SSSR count). The van der Waals surface area contributed by atoms with Crippen LogP contribution in [0.1, 0.15) is 44.7 Å². The predicted octanol–water partition coefficient (Wildman–Crippen LogP) is 4.03. The Morgan fingerprint density at radius 3 is 2.32 bits per heavy atom. The van der Waals surface area contributed by atoms with Gasteiger partial charge in [0.25, 0.3) is 0 Å². The summed E-state index contributed by atoms with van der Waals surface area (Å²) in [5.74, 6) is 0.910. The zero-order valence-electron chi connectivity index (χ0n) is 13.6. The van der Waals surface area contributed by atoms with Crippen LogP contribution in [0.5, 0.6) is 11.5 Å². The van der Waals surface area contributed by atoms with E-state index in [4.69, 9.17) is 16.2 Å². The number of nitrogens with zero attached hydrogens (tertiary/aromatic N) is 2. The van der Waals surface area contributed by atoms with Crippen molar-refractivity contribution in [1.29, 1.82) is 0 Å². The molecule has 4 N–H and O–H groups in total. The summed E-state index contributed by atoms with van der Waals surface area (Å²) in [6.45, 7) is 9.59. The van der Waals surface area contributed by atoms with E-state index in [1.54, 1.807) is 13.0 Å². The smallest absolute Gasteiger partial charge is 0.222 e. The summed E-state index contributed by atoms with van der Waals surface area (Å²) >= 11 is 0. The summed E-state index contributed by atoms with van der Waals surface area (Å²) in [5.41, 5.74) is 12.4. The minimum Gasteiger partial charge on any atom is -0.452 e. The minimum atomic E-state index is -0.262. The van der Waals surface area contributed by atoms with Gasteiger partial charge in [0.2, 0.25) is 5.95 Å². The van der Waals surface area contributed by atoms with Gasteiger partial charge < -0.3 is 16.2 Å². The number of halogens is 1. The molecular formula is C16H23FN4O. The number of nitrogens with two attached hydrogens (primary N) is 2. The normalized spacial score (nSPS) is 10.1. The topological polar surface area (TPSA) is 87.0 Å². The van der Waals surface area contributed by atoms with Crippen LogP contribution in [0, 0.1) is 12.7 Å². The third-order valence-electron chi connectivity index (χ3n) is 2.93. The first-order chi connectivity index (χ1) is 10.4. The number of benzene rings is 1. The fourth-order valence-corrected chi connectivity index (χ4v) is 1.81. The number of hydrogen-bond donors (Lipinski definition) is 2.